The van der Waals surface area contributed by atoms with Crippen LogP contribution in [0.2, 0.25) is 0 Å². The van der Waals surface area contributed by atoms with E-state index >= 15 is 0 Å². The van der Waals surface area contributed by atoms with E-state index in [9.17, 15) is 14.0 Å². The zero-order chi connectivity index (χ0) is 23.9. The number of fused-ring (bicyclic) bond motifs is 1. The van der Waals surface area contributed by atoms with Crippen molar-refractivity contribution in [3.8, 4) is 11.3 Å². The summed E-state index contributed by atoms with van der Waals surface area (Å²) in [6.45, 7) is 5.47. The molecule has 0 unspecified atom stereocenters. The summed E-state index contributed by atoms with van der Waals surface area (Å²) in [5, 5.41) is 7.74. The van der Waals surface area contributed by atoms with E-state index in [4.69, 9.17) is 5.73 Å². The van der Waals surface area contributed by atoms with Crippen LogP contribution in [0.4, 0.5) is 21.5 Å². The summed E-state index contributed by atoms with van der Waals surface area (Å²) in [4.78, 5) is 26.7. The van der Waals surface area contributed by atoms with E-state index in [1.165, 1.54) is 15.3 Å². The molecule has 33 heavy (non-hydrogen) atoms. The van der Waals surface area contributed by atoms with Crippen molar-refractivity contribution in [3.63, 3.8) is 0 Å². The molecule has 168 valence electrons. The molecule has 0 fully saturated rings. The summed E-state index contributed by atoms with van der Waals surface area (Å²) in [5.41, 5.74) is 7.80. The van der Waals surface area contributed by atoms with Crippen LogP contribution in [0.15, 0.2) is 64.7 Å². The number of halogens is 2. The Balaban J connectivity index is 2.15. The zero-order valence-corrected chi connectivity index (χ0v) is 20.2. The third-order valence-corrected chi connectivity index (χ3v) is 6.04. The molecule has 0 aliphatic rings. The molecule has 2 heterocycles. The summed E-state index contributed by atoms with van der Waals surface area (Å²) in [5.74, 6) is -0.494. The topological polar surface area (TPSA) is 94.9 Å². The minimum Gasteiger partial charge on any atom is -0.399 e. The van der Waals surface area contributed by atoms with Gasteiger partial charge in [0.05, 0.1) is 28.8 Å². The summed E-state index contributed by atoms with van der Waals surface area (Å²) in [7, 11) is 1.58. The molecule has 0 bridgehead atoms. The van der Waals surface area contributed by atoms with Crippen LogP contribution in [0.3, 0.4) is 0 Å². The highest BCUT2D eigenvalue weighted by Crippen LogP contribution is 2.32. The van der Waals surface area contributed by atoms with Crippen LogP contribution in [0.25, 0.3) is 22.2 Å². The number of nitrogens with zero attached hydrogens (tertiary/aromatic N) is 3. The largest absolute Gasteiger partial charge is 0.399 e. The Morgan fingerprint density at radius 3 is 2.64 bits per heavy atom. The quantitative estimate of drug-likeness (QED) is 0.217. The summed E-state index contributed by atoms with van der Waals surface area (Å²) >= 11 is 2.01. The summed E-state index contributed by atoms with van der Waals surface area (Å²) in [6.07, 6.45) is 1.56. The van der Waals surface area contributed by atoms with Gasteiger partial charge < -0.3 is 15.6 Å². The molecule has 3 N–H and O–H groups in total. The number of aromatic nitrogens is 3. The molecule has 0 aliphatic carbocycles. The molecule has 4 aromatic rings. The average molecular weight is 557 g/mol. The van der Waals surface area contributed by atoms with Crippen LogP contribution in [-0.4, -0.2) is 14.3 Å². The monoisotopic (exact) mass is 557 g/mol. The van der Waals surface area contributed by atoms with Gasteiger partial charge in [0.15, 0.2) is 0 Å². The van der Waals surface area contributed by atoms with Gasteiger partial charge in [-0.2, -0.15) is 5.10 Å². The van der Waals surface area contributed by atoms with Crippen LogP contribution in [0.5, 0.6) is 0 Å². The first kappa shape index (κ1) is 22.7. The second-order valence-corrected chi connectivity index (χ2v) is 8.83. The number of rotatable bonds is 5. The lowest BCUT2D eigenvalue weighted by atomic mass is 10.0. The lowest BCUT2D eigenvalue weighted by Gasteiger charge is -2.19. The Bertz CT molecular complexity index is 1540. The molecule has 9 heteroatoms. The van der Waals surface area contributed by atoms with Gasteiger partial charge in [0.25, 0.3) is 11.1 Å². The van der Waals surface area contributed by atoms with Gasteiger partial charge in [-0.1, -0.05) is 18.2 Å². The molecule has 0 amide bonds. The first-order valence-corrected chi connectivity index (χ1v) is 11.1. The standard InChI is InChI=1S/C24H21FIN5O2/c1-4-10-31-24(33)19-20(28-18-9-8-15(26)12-17(18)25)13(2)23(32)30(3)22(19)21(29-31)14-6-5-7-16(27)11-14/h4-9,11-12,28H,1,10,27H2,2-3H3. The number of aryl methyl sites for hydroxylation is 1. The van der Waals surface area contributed by atoms with E-state index in [0.717, 1.165) is 3.57 Å². The van der Waals surface area contributed by atoms with Crippen LogP contribution >= 0.6 is 22.6 Å². The van der Waals surface area contributed by atoms with Gasteiger partial charge in [0.1, 0.15) is 11.5 Å². The van der Waals surface area contributed by atoms with Gasteiger partial charge >= 0.3 is 0 Å². The van der Waals surface area contributed by atoms with E-state index in [-0.39, 0.29) is 34.4 Å². The predicted octanol–water partition coefficient (Wildman–Crippen LogP) is 4.33. The van der Waals surface area contributed by atoms with Crippen molar-refractivity contribution in [1.29, 1.82) is 0 Å². The van der Waals surface area contributed by atoms with Crippen molar-refractivity contribution in [2.45, 2.75) is 13.5 Å². The number of benzene rings is 2. The highest BCUT2D eigenvalue weighted by molar-refractivity contribution is 14.1. The molecular formula is C24H21FIN5O2. The maximum atomic E-state index is 14.7. The number of allylic oxidation sites excluding steroid dienone is 1. The third-order valence-electron chi connectivity index (χ3n) is 5.37. The highest BCUT2D eigenvalue weighted by Gasteiger charge is 2.22. The van der Waals surface area contributed by atoms with Gasteiger partial charge in [0.2, 0.25) is 0 Å². The Kier molecular flexibility index (Phi) is 6.07. The molecule has 0 radical (unpaired) electrons. The minimum absolute atomic E-state index is 0.156. The molecule has 0 saturated heterocycles. The van der Waals surface area contributed by atoms with Crippen molar-refractivity contribution < 1.29 is 4.39 Å². The van der Waals surface area contributed by atoms with Gasteiger partial charge in [0, 0.05) is 27.4 Å². The Labute approximate surface area is 202 Å². The van der Waals surface area contributed by atoms with Crippen LogP contribution in [-0.2, 0) is 13.6 Å². The van der Waals surface area contributed by atoms with E-state index in [1.807, 2.05) is 22.6 Å². The van der Waals surface area contributed by atoms with Crippen molar-refractivity contribution in [2.75, 3.05) is 11.1 Å². The molecule has 7 nitrogen and oxygen atoms in total. The molecule has 2 aromatic carbocycles. The fourth-order valence-corrected chi connectivity index (χ4v) is 4.22. The highest BCUT2D eigenvalue weighted by atomic mass is 127. The van der Waals surface area contributed by atoms with Crippen molar-refractivity contribution >= 4 is 50.6 Å². The van der Waals surface area contributed by atoms with E-state index in [2.05, 4.69) is 17.0 Å². The fraction of sp³-hybridized carbons (Fsp3) is 0.125. The van der Waals surface area contributed by atoms with E-state index < -0.39 is 11.4 Å². The number of nitrogens with one attached hydrogen (secondary N) is 1. The predicted molar refractivity (Wildman–Crippen MR) is 138 cm³/mol. The normalized spacial score (nSPS) is 11.0. The zero-order valence-electron chi connectivity index (χ0n) is 18.0. The molecule has 0 spiro atoms. The molecule has 0 atom stereocenters. The molecular weight excluding hydrogens is 536 g/mol. The van der Waals surface area contributed by atoms with Crippen LogP contribution in [0.1, 0.15) is 5.56 Å². The number of nitrogen functional groups attached to an aromatic ring is 1. The summed E-state index contributed by atoms with van der Waals surface area (Å²) in [6, 6.07) is 11.7. The number of pyridine rings is 1. The van der Waals surface area contributed by atoms with Crippen LogP contribution in [0, 0.1) is 16.3 Å². The second-order valence-electron chi connectivity index (χ2n) is 7.59. The first-order chi connectivity index (χ1) is 15.7. The second kappa shape index (κ2) is 8.81. The van der Waals surface area contributed by atoms with Crippen molar-refractivity contribution in [2.24, 2.45) is 7.05 Å². The average Bonchev–Trinajstić information content (AvgIpc) is 2.78. The maximum Gasteiger partial charge on any atom is 0.278 e. The molecule has 4 rings (SSSR count). The SMILES string of the molecule is C=CCn1nc(-c2cccc(N)c2)c2c(c(Nc3ccc(I)cc3F)c(C)c(=O)n2C)c1=O. The Hall–Kier alpha value is -3.47. The fourth-order valence-electron chi connectivity index (χ4n) is 3.77. The maximum absolute atomic E-state index is 14.7. The van der Waals surface area contributed by atoms with E-state index in [1.54, 1.807) is 56.4 Å². The smallest absolute Gasteiger partial charge is 0.278 e. The number of hydrogen-bond donors (Lipinski definition) is 2. The number of nitrogens with two attached hydrogens (primary N) is 1. The summed E-state index contributed by atoms with van der Waals surface area (Å²) < 4.78 is 18.1. The molecule has 0 saturated carbocycles. The van der Waals surface area contributed by atoms with Crippen molar-refractivity contribution in [1.82, 2.24) is 14.3 Å². The Morgan fingerprint density at radius 1 is 1.21 bits per heavy atom. The number of anilines is 3. The van der Waals surface area contributed by atoms with Gasteiger partial charge in [-0.25, -0.2) is 9.07 Å². The van der Waals surface area contributed by atoms with Gasteiger partial charge in [-0.3, -0.25) is 9.59 Å². The van der Waals surface area contributed by atoms with Gasteiger partial charge in [-0.05, 0) is 59.8 Å². The first-order valence-electron chi connectivity index (χ1n) is 10.1. The lowest BCUT2D eigenvalue weighted by Crippen LogP contribution is -2.30. The van der Waals surface area contributed by atoms with E-state index in [0.29, 0.717) is 22.5 Å². The molecule has 0 aliphatic heterocycles. The van der Waals surface area contributed by atoms with Crippen molar-refractivity contribution in [3.05, 3.63) is 90.8 Å². The van der Waals surface area contributed by atoms with Crippen LogP contribution < -0.4 is 22.2 Å². The minimum atomic E-state index is -0.494. The molecule has 2 aromatic heterocycles. The van der Waals surface area contributed by atoms with Gasteiger partial charge in [-0.15, -0.1) is 6.58 Å². The number of hydrogen-bond acceptors (Lipinski definition) is 5. The Morgan fingerprint density at radius 2 is 1.97 bits per heavy atom. The third kappa shape index (κ3) is 4.04. The lowest BCUT2D eigenvalue weighted by molar-refractivity contribution is 0.631.